The zero-order valence-corrected chi connectivity index (χ0v) is 20.5. The van der Waals surface area contributed by atoms with Crippen LogP contribution in [0.5, 0.6) is 0 Å². The van der Waals surface area contributed by atoms with Crippen molar-refractivity contribution in [3.05, 3.63) is 155 Å². The van der Waals surface area contributed by atoms with Gasteiger partial charge in [-0.15, -0.1) is 0 Å². The van der Waals surface area contributed by atoms with Crippen LogP contribution in [0.25, 0.3) is 33.7 Å². The Bertz CT molecular complexity index is 1480. The van der Waals surface area contributed by atoms with Crippen LogP contribution in [-0.2, 0) is 12.8 Å². The smallest absolute Gasteiger partial charge is 0.00763 e. The van der Waals surface area contributed by atoms with E-state index in [1.807, 2.05) is 0 Å². The number of allylic oxidation sites excluding steroid dienone is 10. The second-order valence-electron chi connectivity index (χ2n) is 9.59. The molecule has 0 atom stereocenters. The summed E-state index contributed by atoms with van der Waals surface area (Å²) in [6.07, 6.45) is 26.4. The van der Waals surface area contributed by atoms with E-state index in [1.165, 1.54) is 54.9 Å². The fraction of sp³-hybridized carbons (Fsp3) is 0.111. The number of hydrogen-bond acceptors (Lipinski definition) is 0. The third-order valence-corrected chi connectivity index (χ3v) is 7.27. The first kappa shape index (κ1) is 22.3. The van der Waals surface area contributed by atoms with Crippen molar-refractivity contribution < 1.29 is 0 Å². The van der Waals surface area contributed by atoms with Gasteiger partial charge in [-0.25, -0.2) is 0 Å². The van der Waals surface area contributed by atoms with E-state index in [2.05, 4.69) is 134 Å². The minimum atomic E-state index is 1.08. The Morgan fingerprint density at radius 2 is 0.861 bits per heavy atom. The van der Waals surface area contributed by atoms with Gasteiger partial charge in [0, 0.05) is 0 Å². The molecule has 4 aromatic rings. The molecule has 0 amide bonds. The molecule has 0 heteroatoms. The summed E-state index contributed by atoms with van der Waals surface area (Å²) >= 11 is 0. The second kappa shape index (κ2) is 10.2. The van der Waals surface area contributed by atoms with Crippen molar-refractivity contribution in [3.8, 4) is 0 Å². The van der Waals surface area contributed by atoms with Crippen LogP contribution >= 0.6 is 0 Å². The van der Waals surface area contributed by atoms with Crippen LogP contribution in [0.1, 0.15) is 35.1 Å². The standard InChI is InChI=1S/2C13H10.C10H10/c2*1-4-10-6-2-8-12-9-3-7-11(5-1)13(10)12;1-2-6-9(5-1)10-7-3-4-8-10/h2*1-8H,9H2;1-5,7H,6,8H2. The van der Waals surface area contributed by atoms with Gasteiger partial charge in [0.1, 0.15) is 0 Å². The molecule has 0 saturated carbocycles. The van der Waals surface area contributed by atoms with Crippen molar-refractivity contribution in [2.75, 3.05) is 0 Å². The number of rotatable bonds is 1. The minimum absolute atomic E-state index is 1.08. The Balaban J connectivity index is 0.000000101. The van der Waals surface area contributed by atoms with Crippen molar-refractivity contribution in [2.45, 2.75) is 25.7 Å². The molecule has 0 nitrogen and oxygen atoms in total. The van der Waals surface area contributed by atoms with Crippen LogP contribution in [-0.4, -0.2) is 0 Å². The molecular formula is C36H30. The summed E-state index contributed by atoms with van der Waals surface area (Å²) in [7, 11) is 0. The topological polar surface area (TPSA) is 0 Å². The Hall–Kier alpha value is -4.16. The number of hydrogen-bond donors (Lipinski definition) is 0. The van der Waals surface area contributed by atoms with Gasteiger partial charge in [-0.1, -0.05) is 134 Å². The maximum absolute atomic E-state index is 2.23. The van der Waals surface area contributed by atoms with Crippen LogP contribution in [0, 0.1) is 0 Å². The molecule has 0 bridgehead atoms. The molecule has 0 fully saturated rings. The lowest BCUT2D eigenvalue weighted by molar-refractivity contribution is 1.18. The molecule has 0 radical (unpaired) electrons. The normalized spacial score (nSPS) is 15.8. The summed E-state index contributed by atoms with van der Waals surface area (Å²) in [5.74, 6) is 0. The van der Waals surface area contributed by atoms with E-state index in [9.17, 15) is 0 Å². The van der Waals surface area contributed by atoms with Crippen molar-refractivity contribution in [2.24, 2.45) is 0 Å². The average molecular weight is 463 g/mol. The molecular weight excluding hydrogens is 432 g/mol. The predicted octanol–water partition coefficient (Wildman–Crippen LogP) is 9.58. The Labute approximate surface area is 214 Å². The maximum Gasteiger partial charge on any atom is -0.00763 e. The van der Waals surface area contributed by atoms with E-state index in [0.29, 0.717) is 0 Å². The third kappa shape index (κ3) is 4.55. The zero-order chi connectivity index (χ0) is 24.2. The van der Waals surface area contributed by atoms with Crippen LogP contribution in [0.3, 0.4) is 0 Å². The highest BCUT2D eigenvalue weighted by Crippen LogP contribution is 2.29. The third-order valence-electron chi connectivity index (χ3n) is 7.27. The summed E-state index contributed by atoms with van der Waals surface area (Å²) in [6, 6.07) is 26.1. The molecule has 174 valence electrons. The fourth-order valence-electron chi connectivity index (χ4n) is 5.51. The van der Waals surface area contributed by atoms with Gasteiger partial charge in [-0.05, 0) is 80.6 Å². The predicted molar refractivity (Wildman–Crippen MR) is 157 cm³/mol. The monoisotopic (exact) mass is 462 g/mol. The highest BCUT2D eigenvalue weighted by Gasteiger charge is 2.08. The Kier molecular flexibility index (Phi) is 6.33. The fourth-order valence-corrected chi connectivity index (χ4v) is 5.51. The molecule has 0 unspecified atom stereocenters. The van der Waals surface area contributed by atoms with Gasteiger partial charge in [0.05, 0.1) is 0 Å². The van der Waals surface area contributed by atoms with Crippen LogP contribution in [0.2, 0.25) is 0 Å². The molecule has 4 aliphatic rings. The summed E-state index contributed by atoms with van der Waals surface area (Å²) < 4.78 is 0. The van der Waals surface area contributed by atoms with Gasteiger partial charge in [0.2, 0.25) is 0 Å². The lowest BCUT2D eigenvalue weighted by Gasteiger charge is -2.11. The first-order valence-electron chi connectivity index (χ1n) is 12.9. The lowest BCUT2D eigenvalue weighted by Crippen LogP contribution is -1.91. The van der Waals surface area contributed by atoms with Gasteiger partial charge in [0.15, 0.2) is 0 Å². The lowest BCUT2D eigenvalue weighted by atomic mass is 9.93. The first-order valence-corrected chi connectivity index (χ1v) is 12.9. The van der Waals surface area contributed by atoms with Crippen LogP contribution in [0.15, 0.2) is 133 Å². The van der Waals surface area contributed by atoms with Gasteiger partial charge >= 0.3 is 0 Å². The molecule has 0 spiro atoms. The SMILES string of the molecule is C1=CCC(C2=CC=CC2)=C1.C1=Cc2cccc3cccc(c23)C1.C1=Cc2cccc3cccc(c23)C1. The molecule has 0 aliphatic heterocycles. The highest BCUT2D eigenvalue weighted by atomic mass is 14.1. The van der Waals surface area contributed by atoms with Gasteiger partial charge in [-0.3, -0.25) is 0 Å². The van der Waals surface area contributed by atoms with Crippen molar-refractivity contribution in [1.82, 2.24) is 0 Å². The largest absolute Gasteiger partial charge is 0.0801 e. The van der Waals surface area contributed by atoms with E-state index in [-0.39, 0.29) is 0 Å². The summed E-state index contributed by atoms with van der Waals surface area (Å²) in [6.45, 7) is 0. The Morgan fingerprint density at radius 3 is 1.28 bits per heavy atom. The average Bonchev–Trinajstić information content (AvgIpc) is 3.66. The molecule has 0 aromatic heterocycles. The molecule has 0 N–H and O–H groups in total. The van der Waals surface area contributed by atoms with Gasteiger partial charge in [-0.2, -0.15) is 0 Å². The summed E-state index contributed by atoms with van der Waals surface area (Å²) in [5, 5.41) is 5.60. The molecule has 8 rings (SSSR count). The van der Waals surface area contributed by atoms with Crippen molar-refractivity contribution in [3.63, 3.8) is 0 Å². The van der Waals surface area contributed by atoms with E-state index < -0.39 is 0 Å². The van der Waals surface area contributed by atoms with Crippen molar-refractivity contribution in [1.29, 1.82) is 0 Å². The first-order chi connectivity index (χ1) is 17.9. The highest BCUT2D eigenvalue weighted by molar-refractivity contribution is 5.95. The quantitative estimate of drug-likeness (QED) is 0.264. The van der Waals surface area contributed by atoms with Crippen molar-refractivity contribution >= 4 is 33.7 Å². The van der Waals surface area contributed by atoms with E-state index in [4.69, 9.17) is 0 Å². The minimum Gasteiger partial charge on any atom is -0.0801 e. The second-order valence-corrected chi connectivity index (χ2v) is 9.59. The summed E-state index contributed by atoms with van der Waals surface area (Å²) in [5.41, 5.74) is 8.61. The molecule has 4 aromatic carbocycles. The summed E-state index contributed by atoms with van der Waals surface area (Å²) in [4.78, 5) is 0. The van der Waals surface area contributed by atoms with E-state index >= 15 is 0 Å². The van der Waals surface area contributed by atoms with Crippen LogP contribution < -0.4 is 0 Å². The number of benzene rings is 4. The van der Waals surface area contributed by atoms with E-state index in [0.717, 1.165) is 25.7 Å². The van der Waals surface area contributed by atoms with Gasteiger partial charge in [0.25, 0.3) is 0 Å². The van der Waals surface area contributed by atoms with E-state index in [1.54, 1.807) is 0 Å². The molecule has 4 aliphatic carbocycles. The maximum atomic E-state index is 2.23. The molecule has 0 saturated heterocycles. The zero-order valence-electron chi connectivity index (χ0n) is 20.5. The Morgan fingerprint density at radius 1 is 0.417 bits per heavy atom. The van der Waals surface area contributed by atoms with Gasteiger partial charge < -0.3 is 0 Å². The molecule has 0 heterocycles. The van der Waals surface area contributed by atoms with Crippen LogP contribution in [0.4, 0.5) is 0 Å². The molecule has 36 heavy (non-hydrogen) atoms.